The van der Waals surface area contributed by atoms with Gasteiger partial charge in [-0.3, -0.25) is 0 Å². The molecule has 0 fully saturated rings. The van der Waals surface area contributed by atoms with Gasteiger partial charge in [0.15, 0.2) is 0 Å². The summed E-state index contributed by atoms with van der Waals surface area (Å²) in [4.78, 5) is 0. The molecule has 3 aromatic carbocycles. The van der Waals surface area contributed by atoms with E-state index < -0.39 is 0 Å². The molecule has 0 aliphatic rings. The van der Waals surface area contributed by atoms with E-state index in [2.05, 4.69) is 114 Å². The number of aryl methyl sites for hydroxylation is 4. The van der Waals surface area contributed by atoms with Crippen molar-refractivity contribution in [3.63, 3.8) is 0 Å². The molecule has 5 rings (SSSR count). The summed E-state index contributed by atoms with van der Waals surface area (Å²) in [7, 11) is 0. The number of rotatable bonds is 11. The lowest BCUT2D eigenvalue weighted by Crippen LogP contribution is -1.86. The van der Waals surface area contributed by atoms with Gasteiger partial charge in [-0.2, -0.15) is 0 Å². The van der Waals surface area contributed by atoms with E-state index in [0.717, 1.165) is 43.1 Å². The predicted octanol–water partition coefficient (Wildman–Crippen LogP) is 10.2. The van der Waals surface area contributed by atoms with Crippen LogP contribution in [0, 0.1) is 13.8 Å². The number of hydrogen-bond donors (Lipinski definition) is 0. The number of aromatic nitrogens is 4. The zero-order chi connectivity index (χ0) is 28.2. The Balaban J connectivity index is 0.000000236. The first-order valence-corrected chi connectivity index (χ1v) is 16.1. The number of nitrogens with zero attached hydrogens (tertiary/aromatic N) is 4. The number of benzene rings is 3. The average Bonchev–Trinajstić information content (AvgIpc) is 3.65. The van der Waals surface area contributed by atoms with Gasteiger partial charge in [-0.05, 0) is 50.7 Å². The molecule has 2 aromatic heterocycles. The van der Waals surface area contributed by atoms with Crippen molar-refractivity contribution in [1.29, 1.82) is 0 Å². The summed E-state index contributed by atoms with van der Waals surface area (Å²) in [6, 6.07) is 26.0. The first kappa shape index (κ1) is 29.8. The normalized spacial score (nSPS) is 10.8. The Hall–Kier alpha value is -3.22. The standard InChI is InChI=1S/C24H30N2S.C10H10N2S/c1-3-5-7-8-10-20-13-17-22(18-14-20)24-26-25-23(27-24)21-15-11-19(12-16-21)9-6-4-2;1-7-3-5-9(6-4-7)10-12-11-8(2)13-10/h11-18H,3-10H2,1-2H3;3-6H,1-2H3. The lowest BCUT2D eigenvalue weighted by Gasteiger charge is -2.02. The lowest BCUT2D eigenvalue weighted by molar-refractivity contribution is 0.667. The minimum absolute atomic E-state index is 0.996. The molecule has 5 aromatic rings. The van der Waals surface area contributed by atoms with Gasteiger partial charge in [0.25, 0.3) is 0 Å². The van der Waals surface area contributed by atoms with E-state index in [4.69, 9.17) is 0 Å². The van der Waals surface area contributed by atoms with Crippen molar-refractivity contribution in [2.45, 2.75) is 79.1 Å². The second kappa shape index (κ2) is 15.5. The summed E-state index contributed by atoms with van der Waals surface area (Å²) in [5.74, 6) is 0. The Bertz CT molecular complexity index is 1420. The van der Waals surface area contributed by atoms with E-state index >= 15 is 0 Å². The summed E-state index contributed by atoms with van der Waals surface area (Å²) < 4.78 is 0. The molecule has 6 heteroatoms. The fourth-order valence-corrected chi connectivity index (χ4v) is 5.88. The van der Waals surface area contributed by atoms with E-state index in [1.54, 1.807) is 22.7 Å². The minimum atomic E-state index is 0.996. The summed E-state index contributed by atoms with van der Waals surface area (Å²) in [5.41, 5.74) is 7.56. The van der Waals surface area contributed by atoms with Gasteiger partial charge in [-0.25, -0.2) is 0 Å². The van der Waals surface area contributed by atoms with Crippen LogP contribution in [0.5, 0.6) is 0 Å². The molecule has 208 valence electrons. The van der Waals surface area contributed by atoms with E-state index in [1.165, 1.54) is 61.6 Å². The van der Waals surface area contributed by atoms with Gasteiger partial charge in [-0.15, -0.1) is 20.4 Å². The van der Waals surface area contributed by atoms with Gasteiger partial charge in [0, 0.05) is 16.7 Å². The van der Waals surface area contributed by atoms with Crippen LogP contribution < -0.4 is 0 Å². The quantitative estimate of drug-likeness (QED) is 0.149. The molecule has 0 amide bonds. The highest BCUT2D eigenvalue weighted by molar-refractivity contribution is 7.17. The summed E-state index contributed by atoms with van der Waals surface area (Å²) in [6.45, 7) is 8.53. The first-order chi connectivity index (χ1) is 19.6. The molecule has 0 aliphatic heterocycles. The fraction of sp³-hybridized carbons (Fsp3) is 0.353. The second-order valence-corrected chi connectivity index (χ2v) is 12.4. The Morgan fingerprint density at radius 1 is 0.475 bits per heavy atom. The molecule has 0 saturated heterocycles. The third-order valence-corrected chi connectivity index (χ3v) is 8.70. The molecule has 0 unspecified atom stereocenters. The van der Waals surface area contributed by atoms with Crippen LogP contribution in [0.25, 0.3) is 31.7 Å². The highest BCUT2D eigenvalue weighted by atomic mass is 32.1. The maximum Gasteiger partial charge on any atom is 0.148 e. The van der Waals surface area contributed by atoms with Crippen molar-refractivity contribution in [3.8, 4) is 31.7 Å². The molecular weight excluding hydrogens is 529 g/mol. The van der Waals surface area contributed by atoms with Gasteiger partial charge in [0.2, 0.25) is 0 Å². The highest BCUT2D eigenvalue weighted by Crippen LogP contribution is 2.30. The average molecular weight is 569 g/mol. The molecule has 0 N–H and O–H groups in total. The van der Waals surface area contributed by atoms with Crippen molar-refractivity contribution in [3.05, 3.63) is 94.5 Å². The summed E-state index contributed by atoms with van der Waals surface area (Å²) >= 11 is 3.30. The maximum atomic E-state index is 4.42. The van der Waals surface area contributed by atoms with Crippen molar-refractivity contribution >= 4 is 22.7 Å². The molecule has 0 radical (unpaired) electrons. The van der Waals surface area contributed by atoms with E-state index in [0.29, 0.717) is 0 Å². The van der Waals surface area contributed by atoms with Gasteiger partial charge in [0.05, 0.1) is 0 Å². The van der Waals surface area contributed by atoms with Crippen molar-refractivity contribution in [2.24, 2.45) is 0 Å². The molecule has 2 heterocycles. The molecule has 0 atom stereocenters. The Morgan fingerprint density at radius 3 is 1.40 bits per heavy atom. The molecule has 0 aliphatic carbocycles. The smallest absolute Gasteiger partial charge is 0.143 e. The summed E-state index contributed by atoms with van der Waals surface area (Å²) in [6.07, 6.45) is 10.1. The van der Waals surface area contributed by atoms with Crippen molar-refractivity contribution < 1.29 is 0 Å². The molecular formula is C34H40N4S2. The molecule has 0 bridgehead atoms. The van der Waals surface area contributed by atoms with Crippen LogP contribution >= 0.6 is 22.7 Å². The van der Waals surface area contributed by atoms with Gasteiger partial charge in [-0.1, -0.05) is 141 Å². The molecule has 40 heavy (non-hydrogen) atoms. The fourth-order valence-electron chi connectivity index (χ4n) is 4.33. The lowest BCUT2D eigenvalue weighted by atomic mass is 10.0. The van der Waals surface area contributed by atoms with Crippen LogP contribution in [0.4, 0.5) is 0 Å². The van der Waals surface area contributed by atoms with Crippen LogP contribution in [0.2, 0.25) is 0 Å². The van der Waals surface area contributed by atoms with E-state index in [-0.39, 0.29) is 0 Å². The highest BCUT2D eigenvalue weighted by Gasteiger charge is 2.09. The van der Waals surface area contributed by atoms with Crippen LogP contribution in [0.15, 0.2) is 72.8 Å². The van der Waals surface area contributed by atoms with E-state index in [9.17, 15) is 0 Å². The number of hydrogen-bond acceptors (Lipinski definition) is 6. The number of unbranched alkanes of at least 4 members (excludes halogenated alkanes) is 4. The Kier molecular flexibility index (Phi) is 11.6. The van der Waals surface area contributed by atoms with Crippen molar-refractivity contribution in [2.75, 3.05) is 0 Å². The third kappa shape index (κ3) is 8.90. The zero-order valence-corrected chi connectivity index (χ0v) is 25.8. The monoisotopic (exact) mass is 568 g/mol. The predicted molar refractivity (Wildman–Crippen MR) is 172 cm³/mol. The Morgan fingerprint density at radius 2 is 0.925 bits per heavy atom. The van der Waals surface area contributed by atoms with Crippen LogP contribution in [0.1, 0.15) is 74.1 Å². The third-order valence-electron chi connectivity index (χ3n) is 6.79. The molecule has 0 saturated carbocycles. The molecule has 4 nitrogen and oxygen atoms in total. The van der Waals surface area contributed by atoms with Crippen LogP contribution in [-0.4, -0.2) is 20.4 Å². The largest absolute Gasteiger partial charge is 0.148 e. The minimum Gasteiger partial charge on any atom is -0.143 e. The van der Waals surface area contributed by atoms with Gasteiger partial charge in [0.1, 0.15) is 20.0 Å². The summed E-state index contributed by atoms with van der Waals surface area (Å²) in [5, 5.41) is 20.9. The van der Waals surface area contributed by atoms with E-state index in [1.807, 2.05) is 6.92 Å². The molecule has 0 spiro atoms. The Labute approximate surface area is 247 Å². The first-order valence-electron chi connectivity index (χ1n) is 14.4. The second-order valence-electron chi connectivity index (χ2n) is 10.2. The van der Waals surface area contributed by atoms with Gasteiger partial charge < -0.3 is 0 Å². The SMILES string of the molecule is CCCCCCc1ccc(-c2nnc(-c3ccc(CCCC)cc3)s2)cc1.Cc1ccc(-c2nnc(C)s2)cc1. The maximum absolute atomic E-state index is 4.42. The van der Waals surface area contributed by atoms with Crippen LogP contribution in [0.3, 0.4) is 0 Å². The van der Waals surface area contributed by atoms with Crippen molar-refractivity contribution in [1.82, 2.24) is 20.4 Å². The van der Waals surface area contributed by atoms with Gasteiger partial charge >= 0.3 is 0 Å². The van der Waals surface area contributed by atoms with Crippen LogP contribution in [-0.2, 0) is 12.8 Å². The zero-order valence-electron chi connectivity index (χ0n) is 24.2. The topological polar surface area (TPSA) is 51.6 Å².